The number of aliphatic hydroxyl groups excluding tert-OH is 13. The van der Waals surface area contributed by atoms with E-state index in [9.17, 15) is 71.2 Å². The molecule has 4 aliphatic heterocycles. The monoisotopic (exact) mass is 1120 g/mol. The summed E-state index contributed by atoms with van der Waals surface area (Å²) < 4.78 is 54.1. The highest BCUT2D eigenvalue weighted by atomic mass is 16.8. The van der Waals surface area contributed by atoms with Crippen molar-refractivity contribution in [1.29, 1.82) is 0 Å². The fourth-order valence-corrected chi connectivity index (χ4v) is 16.2. The van der Waals surface area contributed by atoms with Crippen molar-refractivity contribution in [2.24, 2.45) is 45.3 Å². The SMILES string of the molecule is CC(=O)OC[C@@H]1O[C@@H](O[C@@H]2[C@H](O[C@H]3CC[C@@]4(C)[C@@H](CC[C@@]5(C)[C@H]4C[C@@H](O)[C@H]4[C@@H]([C@](C)(CCC=C(C)C)O[C@@H]6O[C@@H](CO[C@@H]7OC[C@@H](O)[C@H](O)[C@@H]7O)[C@H](O)[C@H](O)[C@H]6O)CC[C@]45C)C3(C)C)O[C@H](CO)[C@@H](O)[C@H]2O)[C@H](O)[C@H](O)[C@H]1O. The maximum atomic E-state index is 12.9. The van der Waals surface area contributed by atoms with E-state index >= 15 is 0 Å². The van der Waals surface area contributed by atoms with Gasteiger partial charge in [0.15, 0.2) is 25.2 Å². The zero-order valence-electron chi connectivity index (χ0n) is 46.6. The predicted octanol–water partition coefficient (Wildman–Crippen LogP) is -0.993. The number of esters is 1. The molecule has 78 heavy (non-hydrogen) atoms. The van der Waals surface area contributed by atoms with E-state index < -0.39 is 171 Å². The molecule has 0 spiro atoms. The molecule has 13 N–H and O–H groups in total. The molecule has 8 fully saturated rings. The number of carbonyl (C=O) groups excluding carboxylic acids is 1. The van der Waals surface area contributed by atoms with Crippen LogP contribution >= 0.6 is 0 Å². The third-order valence-corrected chi connectivity index (χ3v) is 20.8. The zero-order valence-corrected chi connectivity index (χ0v) is 46.6. The Morgan fingerprint density at radius 2 is 1.21 bits per heavy atom. The van der Waals surface area contributed by atoms with E-state index in [4.69, 9.17) is 42.6 Å². The normalized spacial score (nSPS) is 51.1. The summed E-state index contributed by atoms with van der Waals surface area (Å²) in [5, 5.41) is 142. The van der Waals surface area contributed by atoms with Gasteiger partial charge in [-0.2, -0.15) is 0 Å². The summed E-state index contributed by atoms with van der Waals surface area (Å²) in [7, 11) is 0. The Morgan fingerprint density at radius 1 is 0.615 bits per heavy atom. The van der Waals surface area contributed by atoms with E-state index in [1.54, 1.807) is 0 Å². The summed E-state index contributed by atoms with van der Waals surface area (Å²) in [5.41, 5.74) is -1.55. The van der Waals surface area contributed by atoms with Crippen LogP contribution < -0.4 is 0 Å². The average Bonchev–Trinajstić information content (AvgIpc) is 3.00. The van der Waals surface area contributed by atoms with Crippen LogP contribution in [0, 0.1) is 45.3 Å². The van der Waals surface area contributed by atoms with E-state index in [0.717, 1.165) is 31.8 Å². The number of aliphatic hydroxyl groups is 13. The molecule has 4 saturated heterocycles. The van der Waals surface area contributed by atoms with Crippen LogP contribution in [-0.2, 0) is 47.4 Å². The molecule has 4 heterocycles. The van der Waals surface area contributed by atoms with Crippen molar-refractivity contribution in [3.05, 3.63) is 11.6 Å². The Bertz CT molecular complexity index is 2060. The molecule has 0 aromatic carbocycles. The molecule has 8 aliphatic rings. The Morgan fingerprint density at radius 3 is 1.85 bits per heavy atom. The molecule has 4 saturated carbocycles. The number of rotatable bonds is 16. The smallest absolute Gasteiger partial charge is 0.302 e. The second-order valence-electron chi connectivity index (χ2n) is 25.9. The summed E-state index contributed by atoms with van der Waals surface area (Å²) in [4.78, 5) is 11.6. The Labute approximate surface area is 456 Å². The largest absolute Gasteiger partial charge is 0.463 e. The maximum Gasteiger partial charge on any atom is 0.302 e. The van der Waals surface area contributed by atoms with Gasteiger partial charge in [0, 0.05) is 6.92 Å². The number of allylic oxidation sites excluding steroid dienone is 2. The molecule has 0 radical (unpaired) electrons. The summed E-state index contributed by atoms with van der Waals surface area (Å²) in [6, 6.07) is 0. The molecule has 23 heteroatoms. The lowest BCUT2D eigenvalue weighted by Crippen LogP contribution is -2.68. The minimum absolute atomic E-state index is 0.0339. The van der Waals surface area contributed by atoms with E-state index in [0.29, 0.717) is 38.5 Å². The number of hydrogen-bond acceptors (Lipinski definition) is 23. The van der Waals surface area contributed by atoms with Crippen molar-refractivity contribution in [2.45, 2.75) is 255 Å². The van der Waals surface area contributed by atoms with E-state index in [1.165, 1.54) is 0 Å². The van der Waals surface area contributed by atoms with Gasteiger partial charge in [0.25, 0.3) is 0 Å². The van der Waals surface area contributed by atoms with Crippen molar-refractivity contribution in [3.8, 4) is 0 Å². The lowest BCUT2D eigenvalue weighted by Gasteiger charge is -2.71. The van der Waals surface area contributed by atoms with Gasteiger partial charge in [-0.05, 0) is 124 Å². The highest BCUT2D eigenvalue weighted by Crippen LogP contribution is 2.76. The molecule has 4 aliphatic carbocycles. The molecular weight excluding hydrogens is 1030 g/mol. The average molecular weight is 1120 g/mol. The van der Waals surface area contributed by atoms with Crippen molar-refractivity contribution in [1.82, 2.24) is 0 Å². The third-order valence-electron chi connectivity index (χ3n) is 20.8. The molecule has 0 unspecified atom stereocenters. The van der Waals surface area contributed by atoms with E-state index in [2.05, 4.69) is 40.7 Å². The number of fused-ring (bicyclic) bond motifs is 5. The Balaban J connectivity index is 1.01. The standard InChI is InChI=1S/C55H92O23/c1-24(2)11-10-15-55(9,78-49-45(69)41(65)39(63)31(75-49)23-72-47-43(67)36(60)28(59)21-71-47)26-12-17-54(8)35(26)27(58)19-33-52(6)16-14-34(51(4,5)32(52)13-18-53(33,54)7)76-50-46(42(66)37(61)29(20-56)73-50)77-48-44(68)40(64)38(62)30(74-48)22-70-25(3)57/h11,26-50,56,58-69H,10,12-23H2,1-9H3/t26-,27+,28+,29+,30-,31-,32-,33-,34-,35+,36-,37+,38-,39-,40+,41-,42+,43-,44+,45+,46-,47-,48-,49-,50-,52-,53-,54+,55-/m0/s1. The van der Waals surface area contributed by atoms with Crippen LogP contribution in [-0.4, -0.2) is 233 Å². The van der Waals surface area contributed by atoms with Gasteiger partial charge in [0.2, 0.25) is 0 Å². The van der Waals surface area contributed by atoms with Crippen molar-refractivity contribution < 1.29 is 114 Å². The summed E-state index contributed by atoms with van der Waals surface area (Å²) in [6.45, 7) is 16.5. The lowest BCUT2D eigenvalue weighted by atomic mass is 9.35. The van der Waals surface area contributed by atoms with Crippen molar-refractivity contribution >= 4 is 5.97 Å². The number of hydrogen-bond donors (Lipinski definition) is 13. The molecule has 23 nitrogen and oxygen atoms in total. The van der Waals surface area contributed by atoms with Crippen molar-refractivity contribution in [3.63, 3.8) is 0 Å². The van der Waals surface area contributed by atoms with E-state index in [-0.39, 0.29) is 41.1 Å². The van der Waals surface area contributed by atoms with Crippen LogP contribution in [0.4, 0.5) is 0 Å². The van der Waals surface area contributed by atoms with Gasteiger partial charge in [-0.25, -0.2) is 0 Å². The Kier molecular flexibility index (Phi) is 19.0. The summed E-state index contributed by atoms with van der Waals surface area (Å²) in [5.74, 6) is -1.12. The van der Waals surface area contributed by atoms with Crippen molar-refractivity contribution in [2.75, 3.05) is 26.4 Å². The second-order valence-corrected chi connectivity index (χ2v) is 25.9. The van der Waals surface area contributed by atoms with Crippen LogP contribution in [0.5, 0.6) is 0 Å². The Hall–Kier alpha value is -1.63. The third kappa shape index (κ3) is 11.3. The minimum atomic E-state index is -1.85. The first-order valence-electron chi connectivity index (χ1n) is 28.2. The number of ether oxygens (including phenoxy) is 9. The minimum Gasteiger partial charge on any atom is -0.463 e. The molecule has 0 aromatic rings. The van der Waals surface area contributed by atoms with Gasteiger partial charge in [-0.3, -0.25) is 4.79 Å². The van der Waals surface area contributed by atoms with Gasteiger partial charge in [-0.1, -0.05) is 46.3 Å². The van der Waals surface area contributed by atoms with Gasteiger partial charge < -0.3 is 109 Å². The molecule has 8 rings (SSSR count). The predicted molar refractivity (Wildman–Crippen MR) is 270 cm³/mol. The van der Waals surface area contributed by atoms with E-state index in [1.807, 2.05) is 20.8 Å². The quantitative estimate of drug-likeness (QED) is 0.0501. The van der Waals surface area contributed by atoms with Gasteiger partial charge >= 0.3 is 5.97 Å². The van der Waals surface area contributed by atoms with Crippen LogP contribution in [0.25, 0.3) is 0 Å². The molecule has 29 atom stereocenters. The van der Waals surface area contributed by atoms with Crippen LogP contribution in [0.3, 0.4) is 0 Å². The first kappa shape index (κ1) is 62.4. The summed E-state index contributed by atoms with van der Waals surface area (Å²) >= 11 is 0. The fourth-order valence-electron chi connectivity index (χ4n) is 16.2. The molecule has 0 aromatic heterocycles. The highest BCUT2D eigenvalue weighted by molar-refractivity contribution is 5.65. The molecule has 450 valence electrons. The topological polar surface area (TPSA) is 363 Å². The van der Waals surface area contributed by atoms with Crippen LogP contribution in [0.2, 0.25) is 0 Å². The zero-order chi connectivity index (χ0) is 57.4. The highest BCUT2D eigenvalue weighted by Gasteiger charge is 2.72. The first-order valence-corrected chi connectivity index (χ1v) is 28.2. The van der Waals surface area contributed by atoms with Gasteiger partial charge in [-0.15, -0.1) is 0 Å². The summed E-state index contributed by atoms with van der Waals surface area (Å²) in [6.07, 6.45) is -23.1. The van der Waals surface area contributed by atoms with Gasteiger partial charge in [0.1, 0.15) is 98.2 Å². The molecule has 0 bridgehead atoms. The second kappa shape index (κ2) is 23.8. The van der Waals surface area contributed by atoms with Crippen LogP contribution in [0.1, 0.15) is 120 Å². The number of carbonyl (C=O) groups is 1. The first-order chi connectivity index (χ1) is 36.4. The lowest BCUT2D eigenvalue weighted by molar-refractivity contribution is -0.378. The maximum absolute atomic E-state index is 12.9. The molecule has 0 amide bonds. The van der Waals surface area contributed by atoms with Crippen LogP contribution in [0.15, 0.2) is 11.6 Å². The molecular formula is C55H92O23. The van der Waals surface area contributed by atoms with Gasteiger partial charge in [0.05, 0.1) is 37.6 Å². The fraction of sp³-hybridized carbons (Fsp3) is 0.945.